The Morgan fingerprint density at radius 3 is 2.56 bits per heavy atom. The molecule has 3 rings (SSSR count). The molecule has 0 radical (unpaired) electrons. The van der Waals surface area contributed by atoms with Gasteiger partial charge >= 0.3 is 0 Å². The highest BCUT2D eigenvalue weighted by Gasteiger charge is 2.08. The lowest BCUT2D eigenvalue weighted by molar-refractivity contribution is 1.13. The largest absolute Gasteiger partial charge is 0.378 e. The maximum Gasteiger partial charge on any atom is 0.203 e. The number of halogens is 2. The van der Waals surface area contributed by atoms with Crippen molar-refractivity contribution >= 4 is 51.6 Å². The molecule has 1 aromatic heterocycles. The fourth-order valence-corrected chi connectivity index (χ4v) is 3.33. The van der Waals surface area contributed by atoms with Gasteiger partial charge in [-0.2, -0.15) is 5.10 Å². The molecule has 4 nitrogen and oxygen atoms in total. The summed E-state index contributed by atoms with van der Waals surface area (Å²) in [5.41, 5.74) is 6.74. The van der Waals surface area contributed by atoms with Crippen molar-refractivity contribution in [3.8, 4) is 11.3 Å². The minimum atomic E-state index is 0.578. The van der Waals surface area contributed by atoms with Crippen molar-refractivity contribution in [2.75, 3.05) is 24.4 Å². The van der Waals surface area contributed by atoms with E-state index in [2.05, 4.69) is 20.4 Å². The molecule has 128 valence electrons. The number of hydrazone groups is 1. The first-order valence-electron chi connectivity index (χ1n) is 7.50. The van der Waals surface area contributed by atoms with Crippen LogP contribution in [0.2, 0.25) is 10.0 Å². The molecule has 0 saturated heterocycles. The van der Waals surface area contributed by atoms with Crippen LogP contribution in [0.4, 0.5) is 10.8 Å². The summed E-state index contributed by atoms with van der Waals surface area (Å²) in [7, 11) is 4.02. The Hall–Kier alpha value is -2.08. The van der Waals surface area contributed by atoms with Crippen molar-refractivity contribution in [1.82, 2.24) is 4.98 Å². The van der Waals surface area contributed by atoms with Gasteiger partial charge in [0.1, 0.15) is 0 Å². The predicted molar refractivity (Wildman–Crippen MR) is 110 cm³/mol. The van der Waals surface area contributed by atoms with Gasteiger partial charge in [-0.3, -0.25) is 5.43 Å². The van der Waals surface area contributed by atoms with Gasteiger partial charge in [0.15, 0.2) is 0 Å². The van der Waals surface area contributed by atoms with E-state index in [9.17, 15) is 0 Å². The van der Waals surface area contributed by atoms with Crippen LogP contribution in [0.5, 0.6) is 0 Å². The van der Waals surface area contributed by atoms with Crippen LogP contribution in [0.15, 0.2) is 52.9 Å². The van der Waals surface area contributed by atoms with E-state index in [1.165, 1.54) is 11.3 Å². The molecule has 1 N–H and O–H groups in total. The number of benzene rings is 2. The topological polar surface area (TPSA) is 40.5 Å². The van der Waals surface area contributed by atoms with Gasteiger partial charge in [-0.15, -0.1) is 11.3 Å². The van der Waals surface area contributed by atoms with Crippen molar-refractivity contribution in [3.63, 3.8) is 0 Å². The van der Waals surface area contributed by atoms with E-state index in [1.807, 2.05) is 49.8 Å². The second-order valence-electron chi connectivity index (χ2n) is 5.52. The quantitative estimate of drug-likeness (QED) is 0.453. The molecule has 2 aromatic carbocycles. The van der Waals surface area contributed by atoms with Crippen molar-refractivity contribution in [2.24, 2.45) is 5.10 Å². The second kappa shape index (κ2) is 7.87. The zero-order valence-electron chi connectivity index (χ0n) is 13.7. The molecule has 0 aliphatic carbocycles. The summed E-state index contributed by atoms with van der Waals surface area (Å²) in [5.74, 6) is 0. The monoisotopic (exact) mass is 390 g/mol. The van der Waals surface area contributed by atoms with Crippen LogP contribution in [0.1, 0.15) is 5.56 Å². The molecular weight excluding hydrogens is 375 g/mol. The molecule has 0 amide bonds. The van der Waals surface area contributed by atoms with Crippen LogP contribution >= 0.6 is 34.5 Å². The van der Waals surface area contributed by atoms with E-state index >= 15 is 0 Å². The smallest absolute Gasteiger partial charge is 0.203 e. The predicted octanol–water partition coefficient (Wildman–Crippen LogP) is 5.63. The number of anilines is 2. The number of aromatic nitrogens is 1. The average Bonchev–Trinajstić information content (AvgIpc) is 3.04. The van der Waals surface area contributed by atoms with Gasteiger partial charge in [0.2, 0.25) is 5.13 Å². The zero-order chi connectivity index (χ0) is 17.8. The summed E-state index contributed by atoms with van der Waals surface area (Å²) in [6.45, 7) is 0. The average molecular weight is 391 g/mol. The fourth-order valence-electron chi connectivity index (χ4n) is 2.17. The molecule has 3 aromatic rings. The molecule has 0 aliphatic rings. The van der Waals surface area contributed by atoms with E-state index in [0.29, 0.717) is 15.2 Å². The lowest BCUT2D eigenvalue weighted by Crippen LogP contribution is -2.08. The zero-order valence-corrected chi connectivity index (χ0v) is 16.0. The molecule has 0 aliphatic heterocycles. The van der Waals surface area contributed by atoms with Gasteiger partial charge in [-0.1, -0.05) is 35.3 Å². The minimum absolute atomic E-state index is 0.578. The number of nitrogens with zero attached hydrogens (tertiary/aromatic N) is 3. The van der Waals surface area contributed by atoms with E-state index in [1.54, 1.807) is 18.3 Å². The Kier molecular flexibility index (Phi) is 5.58. The van der Waals surface area contributed by atoms with Crippen LogP contribution in [-0.2, 0) is 0 Å². The summed E-state index contributed by atoms with van der Waals surface area (Å²) in [4.78, 5) is 6.55. The van der Waals surface area contributed by atoms with Crippen molar-refractivity contribution in [3.05, 3.63) is 63.5 Å². The normalized spacial score (nSPS) is 11.0. The first-order chi connectivity index (χ1) is 12.0. The maximum atomic E-state index is 6.22. The summed E-state index contributed by atoms with van der Waals surface area (Å²) in [6.07, 6.45) is 1.76. The molecule has 0 fully saturated rings. The first kappa shape index (κ1) is 17.7. The SMILES string of the molecule is CN(C)c1ccc(C=NNc2nc(-c3ccc(Cl)cc3Cl)cs2)cc1. The highest BCUT2D eigenvalue weighted by Crippen LogP contribution is 2.32. The first-order valence-corrected chi connectivity index (χ1v) is 9.14. The van der Waals surface area contributed by atoms with Gasteiger partial charge < -0.3 is 4.90 Å². The Balaban J connectivity index is 1.67. The van der Waals surface area contributed by atoms with Gasteiger partial charge in [-0.05, 0) is 35.9 Å². The Labute approximate surface area is 160 Å². The van der Waals surface area contributed by atoms with Gasteiger partial charge in [0, 0.05) is 35.7 Å². The number of thiazole rings is 1. The molecule has 0 unspecified atom stereocenters. The van der Waals surface area contributed by atoms with Crippen molar-refractivity contribution < 1.29 is 0 Å². The maximum absolute atomic E-state index is 6.22. The van der Waals surface area contributed by atoms with Crippen LogP contribution in [0, 0.1) is 0 Å². The molecule has 0 atom stereocenters. The summed E-state index contributed by atoms with van der Waals surface area (Å²) in [5, 5.41) is 8.04. The molecule has 0 spiro atoms. The lowest BCUT2D eigenvalue weighted by Gasteiger charge is -2.11. The van der Waals surface area contributed by atoms with Crippen molar-refractivity contribution in [2.45, 2.75) is 0 Å². The summed E-state index contributed by atoms with van der Waals surface area (Å²) >= 11 is 13.6. The lowest BCUT2D eigenvalue weighted by atomic mass is 10.2. The highest BCUT2D eigenvalue weighted by molar-refractivity contribution is 7.14. The van der Waals surface area contributed by atoms with Crippen molar-refractivity contribution in [1.29, 1.82) is 0 Å². The molecule has 25 heavy (non-hydrogen) atoms. The number of hydrogen-bond acceptors (Lipinski definition) is 5. The van der Waals surface area contributed by atoms with Crippen LogP contribution in [0.25, 0.3) is 11.3 Å². The van der Waals surface area contributed by atoms with Crippen LogP contribution < -0.4 is 10.3 Å². The molecule has 0 saturated carbocycles. The molecule has 1 heterocycles. The van der Waals surface area contributed by atoms with Gasteiger partial charge in [-0.25, -0.2) is 4.98 Å². The third kappa shape index (κ3) is 4.51. The molecule has 7 heteroatoms. The Morgan fingerprint density at radius 2 is 1.88 bits per heavy atom. The van der Waals surface area contributed by atoms with E-state index < -0.39 is 0 Å². The van der Waals surface area contributed by atoms with E-state index in [0.717, 1.165) is 22.5 Å². The Morgan fingerprint density at radius 1 is 1.12 bits per heavy atom. The molecule has 0 bridgehead atoms. The number of nitrogens with one attached hydrogen (secondary N) is 1. The third-order valence-corrected chi connectivity index (χ3v) is 4.79. The minimum Gasteiger partial charge on any atom is -0.378 e. The molecular formula is C18H16Cl2N4S. The van der Waals surface area contributed by atoms with Crippen LogP contribution in [0.3, 0.4) is 0 Å². The van der Waals surface area contributed by atoms with E-state index in [4.69, 9.17) is 23.2 Å². The number of hydrogen-bond donors (Lipinski definition) is 1. The standard InChI is InChI=1S/C18H16Cl2N4S/c1-24(2)14-6-3-12(4-7-14)10-21-23-18-22-17(11-25-18)15-8-5-13(19)9-16(15)20/h3-11H,1-2H3,(H,22,23). The third-order valence-electron chi connectivity index (χ3n) is 3.49. The van der Waals surface area contributed by atoms with Crippen LogP contribution in [-0.4, -0.2) is 25.3 Å². The summed E-state index contributed by atoms with van der Waals surface area (Å²) < 4.78 is 0. The second-order valence-corrected chi connectivity index (χ2v) is 7.22. The summed E-state index contributed by atoms with van der Waals surface area (Å²) in [6, 6.07) is 13.5. The Bertz CT molecular complexity index is 888. The highest BCUT2D eigenvalue weighted by atomic mass is 35.5. The number of rotatable bonds is 5. The van der Waals surface area contributed by atoms with Gasteiger partial charge in [0.05, 0.1) is 16.9 Å². The van der Waals surface area contributed by atoms with Gasteiger partial charge in [0.25, 0.3) is 0 Å². The fraction of sp³-hybridized carbons (Fsp3) is 0.111. The van der Waals surface area contributed by atoms with E-state index in [-0.39, 0.29) is 0 Å².